The van der Waals surface area contributed by atoms with Gasteiger partial charge in [0.05, 0.1) is 0 Å². The second kappa shape index (κ2) is 5.10. The van der Waals surface area contributed by atoms with Crippen LogP contribution in [0.1, 0.15) is 30.9 Å². The summed E-state index contributed by atoms with van der Waals surface area (Å²) >= 11 is 4.88. The molecule has 0 amide bonds. The van der Waals surface area contributed by atoms with Crippen LogP contribution >= 0.6 is 12.2 Å². The monoisotopic (exact) mass is 252 g/mol. The van der Waals surface area contributed by atoms with Gasteiger partial charge in [0.2, 0.25) is 0 Å². The normalized spacial score (nSPS) is 20.7. The summed E-state index contributed by atoms with van der Waals surface area (Å²) in [6, 6.07) is 5.41. The molecule has 0 saturated carbocycles. The third kappa shape index (κ3) is 3.01. The van der Waals surface area contributed by atoms with Crippen molar-refractivity contribution in [3.63, 3.8) is 0 Å². The summed E-state index contributed by atoms with van der Waals surface area (Å²) in [6.07, 6.45) is 2.44. The van der Waals surface area contributed by atoms with Crippen molar-refractivity contribution in [2.45, 2.75) is 32.4 Å². The number of benzene rings is 1. The van der Waals surface area contributed by atoms with Gasteiger partial charge in [-0.25, -0.2) is 4.39 Å². The van der Waals surface area contributed by atoms with Gasteiger partial charge in [0.1, 0.15) is 10.8 Å². The molecule has 0 aromatic heterocycles. The van der Waals surface area contributed by atoms with E-state index in [1.165, 1.54) is 18.9 Å². The molecule has 1 aliphatic heterocycles. The lowest BCUT2D eigenvalue weighted by molar-refractivity contribution is 0.260. The van der Waals surface area contributed by atoms with Crippen LogP contribution in [0, 0.1) is 5.82 Å². The third-order valence-corrected chi connectivity index (χ3v) is 3.55. The lowest BCUT2D eigenvalue weighted by Gasteiger charge is -2.21. The molecule has 1 atom stereocenters. The fraction of sp³-hybridized carbons (Fsp3) is 0.462. The Balaban J connectivity index is 2.17. The summed E-state index contributed by atoms with van der Waals surface area (Å²) in [5.41, 5.74) is 7.10. The van der Waals surface area contributed by atoms with E-state index < -0.39 is 0 Å². The quantitative estimate of drug-likeness (QED) is 0.838. The Labute approximate surface area is 107 Å². The van der Waals surface area contributed by atoms with Gasteiger partial charge < -0.3 is 5.73 Å². The van der Waals surface area contributed by atoms with E-state index in [1.807, 2.05) is 6.07 Å². The summed E-state index contributed by atoms with van der Waals surface area (Å²) in [5, 5.41) is 0. The van der Waals surface area contributed by atoms with E-state index in [0.717, 1.165) is 18.7 Å². The molecular formula is C13H17FN2S. The average Bonchev–Trinajstić information content (AvgIpc) is 2.63. The average molecular weight is 252 g/mol. The molecule has 0 aliphatic carbocycles. The van der Waals surface area contributed by atoms with Crippen LogP contribution in [-0.2, 0) is 6.54 Å². The maximum absolute atomic E-state index is 13.4. The molecule has 0 bridgehead atoms. The molecule has 1 aromatic rings. The van der Waals surface area contributed by atoms with E-state index >= 15 is 0 Å². The second-order valence-electron chi connectivity index (χ2n) is 4.67. The number of hydrogen-bond donors (Lipinski definition) is 1. The minimum absolute atomic E-state index is 0.250. The zero-order valence-corrected chi connectivity index (χ0v) is 10.8. The number of nitrogens with two attached hydrogens (primary N) is 1. The fourth-order valence-corrected chi connectivity index (χ4v) is 2.46. The predicted octanol–water partition coefficient (Wildman–Crippen LogP) is 2.44. The number of rotatable bonds is 3. The molecule has 4 heteroatoms. The smallest absolute Gasteiger partial charge is 0.124 e. The molecule has 1 unspecified atom stereocenters. The van der Waals surface area contributed by atoms with Gasteiger partial charge in [-0.2, -0.15) is 0 Å². The Bertz CT molecular complexity index is 433. The van der Waals surface area contributed by atoms with Crippen LogP contribution < -0.4 is 5.73 Å². The van der Waals surface area contributed by atoms with Gasteiger partial charge in [-0.3, -0.25) is 4.90 Å². The zero-order valence-electron chi connectivity index (χ0n) is 9.95. The number of thiocarbonyl (C=S) groups is 1. The first-order chi connectivity index (χ1) is 8.06. The van der Waals surface area contributed by atoms with Crippen molar-refractivity contribution in [3.8, 4) is 0 Å². The number of hydrogen-bond acceptors (Lipinski definition) is 2. The Morgan fingerprint density at radius 2 is 2.29 bits per heavy atom. The van der Waals surface area contributed by atoms with E-state index in [-0.39, 0.29) is 10.8 Å². The summed E-state index contributed by atoms with van der Waals surface area (Å²) in [5.74, 6) is -0.267. The van der Waals surface area contributed by atoms with Crippen molar-refractivity contribution in [2.24, 2.45) is 5.73 Å². The van der Waals surface area contributed by atoms with Crippen LogP contribution in [0.15, 0.2) is 18.2 Å². The molecule has 2 rings (SSSR count). The van der Waals surface area contributed by atoms with Crippen LogP contribution in [0.2, 0.25) is 0 Å². The van der Waals surface area contributed by atoms with Crippen molar-refractivity contribution >= 4 is 17.2 Å². The van der Waals surface area contributed by atoms with Gasteiger partial charge in [-0.1, -0.05) is 12.2 Å². The first-order valence-corrected chi connectivity index (χ1v) is 6.30. The maximum Gasteiger partial charge on any atom is 0.124 e. The van der Waals surface area contributed by atoms with Crippen molar-refractivity contribution in [3.05, 3.63) is 35.1 Å². The molecule has 1 saturated heterocycles. The molecule has 2 nitrogen and oxygen atoms in total. The first kappa shape index (κ1) is 12.5. The highest BCUT2D eigenvalue weighted by Gasteiger charge is 2.20. The molecule has 1 aromatic carbocycles. The van der Waals surface area contributed by atoms with Crippen molar-refractivity contribution < 1.29 is 4.39 Å². The Morgan fingerprint density at radius 1 is 1.53 bits per heavy atom. The van der Waals surface area contributed by atoms with E-state index in [4.69, 9.17) is 18.0 Å². The van der Waals surface area contributed by atoms with E-state index in [1.54, 1.807) is 6.07 Å². The Morgan fingerprint density at radius 3 is 2.88 bits per heavy atom. The summed E-state index contributed by atoms with van der Waals surface area (Å²) in [6.45, 7) is 4.06. The zero-order chi connectivity index (χ0) is 12.4. The van der Waals surface area contributed by atoms with Crippen LogP contribution in [-0.4, -0.2) is 22.5 Å². The third-order valence-electron chi connectivity index (χ3n) is 3.32. The van der Waals surface area contributed by atoms with Gasteiger partial charge in [-0.05, 0) is 50.1 Å². The topological polar surface area (TPSA) is 29.3 Å². The number of nitrogens with zero attached hydrogens (tertiary/aromatic N) is 1. The van der Waals surface area contributed by atoms with E-state index in [9.17, 15) is 4.39 Å². The molecular weight excluding hydrogens is 235 g/mol. The largest absolute Gasteiger partial charge is 0.389 e. The molecule has 1 aliphatic rings. The molecule has 0 spiro atoms. The van der Waals surface area contributed by atoms with Crippen LogP contribution in [0.3, 0.4) is 0 Å². The molecule has 17 heavy (non-hydrogen) atoms. The van der Waals surface area contributed by atoms with Crippen LogP contribution in [0.4, 0.5) is 4.39 Å². The van der Waals surface area contributed by atoms with Crippen molar-refractivity contribution in [2.75, 3.05) is 6.54 Å². The van der Waals surface area contributed by atoms with Gasteiger partial charge in [0.25, 0.3) is 0 Å². The second-order valence-corrected chi connectivity index (χ2v) is 5.11. The lowest BCUT2D eigenvalue weighted by Crippen LogP contribution is -2.26. The Hall–Kier alpha value is -1.00. The SMILES string of the molecule is CC1CCCN1Cc1cc(F)cc(C(N)=S)c1. The van der Waals surface area contributed by atoms with Gasteiger partial charge >= 0.3 is 0 Å². The van der Waals surface area contributed by atoms with Gasteiger partial charge in [0.15, 0.2) is 0 Å². The molecule has 2 N–H and O–H groups in total. The molecule has 1 fully saturated rings. The summed E-state index contributed by atoms with van der Waals surface area (Å²) < 4.78 is 13.4. The maximum atomic E-state index is 13.4. The molecule has 0 radical (unpaired) electrons. The highest BCUT2D eigenvalue weighted by Crippen LogP contribution is 2.20. The van der Waals surface area contributed by atoms with Crippen LogP contribution in [0.25, 0.3) is 0 Å². The number of halogens is 1. The van der Waals surface area contributed by atoms with Crippen molar-refractivity contribution in [1.29, 1.82) is 0 Å². The highest BCUT2D eigenvalue weighted by atomic mass is 32.1. The standard InChI is InChI=1S/C13H17FN2S/c1-9-3-2-4-16(9)8-10-5-11(13(15)17)7-12(14)6-10/h5-7,9H,2-4,8H2,1H3,(H2,15,17). The summed E-state index contributed by atoms with van der Waals surface area (Å²) in [4.78, 5) is 2.61. The predicted molar refractivity (Wildman–Crippen MR) is 71.4 cm³/mol. The van der Waals surface area contributed by atoms with Gasteiger partial charge in [0, 0.05) is 18.2 Å². The fourth-order valence-electron chi connectivity index (χ4n) is 2.35. The minimum Gasteiger partial charge on any atom is -0.389 e. The first-order valence-electron chi connectivity index (χ1n) is 5.89. The lowest BCUT2D eigenvalue weighted by atomic mass is 10.1. The number of likely N-dealkylation sites (tertiary alicyclic amines) is 1. The van der Waals surface area contributed by atoms with Gasteiger partial charge in [-0.15, -0.1) is 0 Å². The van der Waals surface area contributed by atoms with E-state index in [2.05, 4.69) is 11.8 Å². The minimum atomic E-state index is -0.267. The Kier molecular flexibility index (Phi) is 3.74. The summed E-state index contributed by atoms with van der Waals surface area (Å²) in [7, 11) is 0. The molecule has 92 valence electrons. The van der Waals surface area contributed by atoms with Crippen molar-refractivity contribution in [1.82, 2.24) is 4.90 Å². The highest BCUT2D eigenvalue weighted by molar-refractivity contribution is 7.80. The molecule has 1 heterocycles. The van der Waals surface area contributed by atoms with E-state index in [0.29, 0.717) is 11.6 Å². The van der Waals surface area contributed by atoms with Crippen LogP contribution in [0.5, 0.6) is 0 Å².